The van der Waals surface area contributed by atoms with E-state index in [1.54, 1.807) is 0 Å². The summed E-state index contributed by atoms with van der Waals surface area (Å²) in [4.78, 5) is 37.5. The first kappa shape index (κ1) is 53.4. The molecule has 0 aliphatic rings. The predicted molar refractivity (Wildman–Crippen MR) is 233 cm³/mol. The SMILES string of the molecule is CCCCCCCCCCCCCCCC(=O)OC[C@H](COC(=O)CCCCCCCCCCCCCCCCCCC(C)C)OC(=O)CCCCCCC. The van der Waals surface area contributed by atoms with E-state index in [1.165, 1.54) is 161 Å². The van der Waals surface area contributed by atoms with Crippen LogP contribution in [0.25, 0.3) is 0 Å². The zero-order valence-electron chi connectivity index (χ0n) is 37.4. The normalized spacial score (nSPS) is 11.9. The van der Waals surface area contributed by atoms with Gasteiger partial charge < -0.3 is 14.2 Å². The van der Waals surface area contributed by atoms with Gasteiger partial charge in [-0.05, 0) is 25.2 Å². The van der Waals surface area contributed by atoms with Gasteiger partial charge in [0.2, 0.25) is 0 Å². The molecule has 6 nitrogen and oxygen atoms in total. The molecule has 0 amide bonds. The van der Waals surface area contributed by atoms with Crippen LogP contribution >= 0.6 is 0 Å². The molecule has 0 aromatic carbocycles. The van der Waals surface area contributed by atoms with Gasteiger partial charge in [-0.15, -0.1) is 0 Å². The molecule has 0 saturated heterocycles. The van der Waals surface area contributed by atoms with Crippen molar-refractivity contribution in [1.82, 2.24) is 0 Å². The lowest BCUT2D eigenvalue weighted by Gasteiger charge is -2.18. The van der Waals surface area contributed by atoms with Crippen molar-refractivity contribution in [3.8, 4) is 0 Å². The maximum Gasteiger partial charge on any atom is 0.306 e. The van der Waals surface area contributed by atoms with E-state index in [-0.39, 0.29) is 31.1 Å². The van der Waals surface area contributed by atoms with Crippen LogP contribution in [0.4, 0.5) is 0 Å². The summed E-state index contributed by atoms with van der Waals surface area (Å²) in [7, 11) is 0. The number of carbonyl (C=O) groups is 3. The Labute approximate surface area is 342 Å². The van der Waals surface area contributed by atoms with Gasteiger partial charge in [0.05, 0.1) is 0 Å². The van der Waals surface area contributed by atoms with Crippen LogP contribution < -0.4 is 0 Å². The van der Waals surface area contributed by atoms with Crippen LogP contribution in [0.15, 0.2) is 0 Å². The largest absolute Gasteiger partial charge is 0.462 e. The summed E-state index contributed by atoms with van der Waals surface area (Å²) in [5, 5.41) is 0. The fourth-order valence-corrected chi connectivity index (χ4v) is 7.33. The highest BCUT2D eigenvalue weighted by Gasteiger charge is 2.19. The molecule has 0 radical (unpaired) electrons. The monoisotopic (exact) mass is 779 g/mol. The van der Waals surface area contributed by atoms with Crippen molar-refractivity contribution in [3.05, 3.63) is 0 Å². The maximum absolute atomic E-state index is 12.5. The second-order valence-electron chi connectivity index (χ2n) is 17.2. The molecule has 0 bridgehead atoms. The van der Waals surface area contributed by atoms with E-state index in [0.29, 0.717) is 19.3 Å². The predicted octanol–water partition coefficient (Wildman–Crippen LogP) is 15.5. The van der Waals surface area contributed by atoms with Crippen molar-refractivity contribution in [3.63, 3.8) is 0 Å². The van der Waals surface area contributed by atoms with Crippen molar-refractivity contribution in [2.75, 3.05) is 13.2 Å². The third-order valence-corrected chi connectivity index (χ3v) is 11.0. The first-order valence-corrected chi connectivity index (χ1v) is 24.4. The maximum atomic E-state index is 12.5. The number of esters is 3. The van der Waals surface area contributed by atoms with Crippen LogP contribution in [0.3, 0.4) is 0 Å². The Bertz CT molecular complexity index is 826. The molecule has 0 rings (SSSR count). The van der Waals surface area contributed by atoms with Crippen molar-refractivity contribution in [2.45, 2.75) is 278 Å². The number of hydrogen-bond donors (Lipinski definition) is 0. The average Bonchev–Trinajstić information content (AvgIpc) is 3.17. The summed E-state index contributed by atoms with van der Waals surface area (Å²) >= 11 is 0. The standard InChI is InChI=1S/C49H94O6/c1-5-7-9-11-12-13-14-19-23-26-29-33-36-40-47(50)53-43-46(55-49(52)42-38-31-10-8-6-2)44-54-48(51)41-37-34-30-27-24-21-18-16-15-17-20-22-25-28-32-35-39-45(3)4/h45-46H,5-44H2,1-4H3/t46-/m1/s1. The highest BCUT2D eigenvalue weighted by molar-refractivity contribution is 5.71. The first-order chi connectivity index (χ1) is 26.9. The summed E-state index contributed by atoms with van der Waals surface area (Å²) < 4.78 is 16.6. The lowest BCUT2D eigenvalue weighted by Crippen LogP contribution is -2.30. The Morgan fingerprint density at radius 2 is 0.600 bits per heavy atom. The van der Waals surface area contributed by atoms with Crippen molar-refractivity contribution in [2.24, 2.45) is 5.92 Å². The molecular weight excluding hydrogens is 685 g/mol. The van der Waals surface area contributed by atoms with Gasteiger partial charge in [0.25, 0.3) is 0 Å². The molecule has 0 spiro atoms. The van der Waals surface area contributed by atoms with Gasteiger partial charge in [-0.2, -0.15) is 0 Å². The highest BCUT2D eigenvalue weighted by Crippen LogP contribution is 2.17. The second kappa shape index (κ2) is 43.5. The zero-order chi connectivity index (χ0) is 40.3. The highest BCUT2D eigenvalue weighted by atomic mass is 16.6. The van der Waals surface area contributed by atoms with E-state index in [2.05, 4.69) is 27.7 Å². The Balaban J connectivity index is 4.06. The van der Waals surface area contributed by atoms with Gasteiger partial charge in [-0.25, -0.2) is 0 Å². The van der Waals surface area contributed by atoms with Crippen LogP contribution in [0, 0.1) is 5.92 Å². The van der Waals surface area contributed by atoms with Gasteiger partial charge in [-0.3, -0.25) is 14.4 Å². The molecule has 55 heavy (non-hydrogen) atoms. The molecule has 0 aromatic heterocycles. The number of rotatable bonds is 44. The Morgan fingerprint density at radius 1 is 0.345 bits per heavy atom. The first-order valence-electron chi connectivity index (χ1n) is 24.4. The van der Waals surface area contributed by atoms with Crippen molar-refractivity contribution >= 4 is 17.9 Å². The van der Waals surface area contributed by atoms with Crippen LogP contribution in [0.5, 0.6) is 0 Å². The molecule has 0 aliphatic carbocycles. The van der Waals surface area contributed by atoms with E-state index < -0.39 is 6.10 Å². The smallest absolute Gasteiger partial charge is 0.306 e. The quantitative estimate of drug-likeness (QED) is 0.0348. The van der Waals surface area contributed by atoms with Crippen LogP contribution in [0.1, 0.15) is 272 Å². The number of unbranched alkanes of at least 4 members (excludes halogenated alkanes) is 31. The summed E-state index contributed by atoms with van der Waals surface area (Å²) in [5.41, 5.74) is 0. The van der Waals surface area contributed by atoms with Gasteiger partial charge in [-0.1, -0.05) is 233 Å². The second-order valence-corrected chi connectivity index (χ2v) is 17.2. The number of ether oxygens (including phenoxy) is 3. The molecule has 0 saturated carbocycles. The molecule has 6 heteroatoms. The van der Waals surface area contributed by atoms with E-state index >= 15 is 0 Å². The summed E-state index contributed by atoms with van der Waals surface area (Å²) in [6, 6.07) is 0. The molecule has 326 valence electrons. The Kier molecular flexibility index (Phi) is 42.3. The number of hydrogen-bond acceptors (Lipinski definition) is 6. The lowest BCUT2D eigenvalue weighted by atomic mass is 10.0. The zero-order valence-corrected chi connectivity index (χ0v) is 37.4. The fourth-order valence-electron chi connectivity index (χ4n) is 7.33. The van der Waals surface area contributed by atoms with Gasteiger partial charge in [0.15, 0.2) is 6.10 Å². The van der Waals surface area contributed by atoms with Crippen LogP contribution in [0.2, 0.25) is 0 Å². The molecule has 0 fully saturated rings. The summed E-state index contributed by atoms with van der Waals surface area (Å²) in [6.07, 6.45) is 44.1. The van der Waals surface area contributed by atoms with Crippen LogP contribution in [-0.4, -0.2) is 37.2 Å². The Hall–Kier alpha value is -1.59. The summed E-state index contributed by atoms with van der Waals surface area (Å²) in [6.45, 7) is 8.95. The van der Waals surface area contributed by atoms with E-state index in [4.69, 9.17) is 14.2 Å². The molecule has 0 aromatic rings. The topological polar surface area (TPSA) is 78.9 Å². The van der Waals surface area contributed by atoms with E-state index in [9.17, 15) is 14.4 Å². The molecule has 0 unspecified atom stereocenters. The molecular formula is C49H94O6. The van der Waals surface area contributed by atoms with Gasteiger partial charge in [0, 0.05) is 19.3 Å². The van der Waals surface area contributed by atoms with Gasteiger partial charge >= 0.3 is 17.9 Å². The Morgan fingerprint density at radius 3 is 0.891 bits per heavy atom. The molecule has 0 heterocycles. The molecule has 0 N–H and O–H groups in total. The minimum Gasteiger partial charge on any atom is -0.462 e. The average molecular weight is 779 g/mol. The third kappa shape index (κ3) is 43.4. The van der Waals surface area contributed by atoms with Crippen molar-refractivity contribution < 1.29 is 28.6 Å². The molecule has 0 aliphatic heterocycles. The number of carbonyl (C=O) groups excluding carboxylic acids is 3. The third-order valence-electron chi connectivity index (χ3n) is 11.0. The minimum atomic E-state index is -0.757. The molecule has 1 atom stereocenters. The summed E-state index contributed by atoms with van der Waals surface area (Å²) in [5.74, 6) is -0.0110. The lowest BCUT2D eigenvalue weighted by molar-refractivity contribution is -0.167. The van der Waals surface area contributed by atoms with Crippen molar-refractivity contribution in [1.29, 1.82) is 0 Å². The van der Waals surface area contributed by atoms with E-state index in [1.807, 2.05) is 0 Å². The van der Waals surface area contributed by atoms with E-state index in [0.717, 1.165) is 70.1 Å². The minimum absolute atomic E-state index is 0.0646. The van der Waals surface area contributed by atoms with Crippen LogP contribution in [-0.2, 0) is 28.6 Å². The fraction of sp³-hybridized carbons (Fsp3) is 0.939. The van der Waals surface area contributed by atoms with Gasteiger partial charge in [0.1, 0.15) is 13.2 Å².